The van der Waals surface area contributed by atoms with Crippen LogP contribution >= 0.6 is 0 Å². The van der Waals surface area contributed by atoms with Crippen molar-refractivity contribution < 1.29 is 0 Å². The molecule has 0 bridgehead atoms. The Bertz CT molecular complexity index is 371. The lowest BCUT2D eigenvalue weighted by molar-refractivity contribution is 0.229. The molecular weight excluding hydrogens is 226 g/mol. The lowest BCUT2D eigenvalue weighted by atomic mass is 10.2. The number of likely N-dealkylation sites (N-methyl/N-ethyl adjacent to an activating group) is 1. The number of nitrogen functional groups attached to an aromatic ring is 1. The second kappa shape index (κ2) is 6.02. The maximum Gasteiger partial charge on any atom is 0.0574 e. The van der Waals surface area contributed by atoms with Crippen LogP contribution in [0, 0.1) is 0 Å². The van der Waals surface area contributed by atoms with Gasteiger partial charge in [-0.25, -0.2) is 0 Å². The molecule has 5 heteroatoms. The summed E-state index contributed by atoms with van der Waals surface area (Å²) in [6.45, 7) is 6.61. The predicted octanol–water partition coefficient (Wildman–Crippen LogP) is 0.347. The first-order valence-electron chi connectivity index (χ1n) is 6.48. The third-order valence-corrected chi connectivity index (χ3v) is 3.35. The number of aromatic nitrogens is 1. The van der Waals surface area contributed by atoms with Gasteiger partial charge in [0.05, 0.1) is 17.6 Å². The predicted molar refractivity (Wildman–Crippen MR) is 75.9 cm³/mol. The van der Waals surface area contributed by atoms with E-state index in [2.05, 4.69) is 33.8 Å². The molecule has 1 aliphatic heterocycles. The third kappa shape index (κ3) is 3.58. The summed E-state index contributed by atoms with van der Waals surface area (Å²) in [5.74, 6) is 0. The van der Waals surface area contributed by atoms with Crippen LogP contribution in [0.25, 0.3) is 0 Å². The molecule has 0 saturated carbocycles. The van der Waals surface area contributed by atoms with E-state index < -0.39 is 0 Å². The molecule has 1 aromatic rings. The molecule has 2 N–H and O–H groups in total. The van der Waals surface area contributed by atoms with Gasteiger partial charge < -0.3 is 15.5 Å². The van der Waals surface area contributed by atoms with Gasteiger partial charge in [-0.15, -0.1) is 0 Å². The first-order chi connectivity index (χ1) is 8.65. The Morgan fingerprint density at radius 2 is 1.94 bits per heavy atom. The molecule has 0 unspecified atom stereocenters. The average molecular weight is 249 g/mol. The van der Waals surface area contributed by atoms with Gasteiger partial charge in [0.2, 0.25) is 0 Å². The molecule has 0 amide bonds. The second-order valence-electron chi connectivity index (χ2n) is 5.11. The summed E-state index contributed by atoms with van der Waals surface area (Å²) in [7, 11) is 4.24. The van der Waals surface area contributed by atoms with E-state index in [0.29, 0.717) is 0 Å². The van der Waals surface area contributed by atoms with Crippen molar-refractivity contribution in [3.05, 3.63) is 18.5 Å². The summed E-state index contributed by atoms with van der Waals surface area (Å²) in [5.41, 5.74) is 7.65. The van der Waals surface area contributed by atoms with E-state index in [0.717, 1.165) is 50.6 Å². The molecule has 0 spiro atoms. The Hall–Kier alpha value is -1.33. The molecule has 2 heterocycles. The number of anilines is 2. The van der Waals surface area contributed by atoms with Gasteiger partial charge in [0.15, 0.2) is 0 Å². The van der Waals surface area contributed by atoms with Crippen molar-refractivity contribution in [3.8, 4) is 0 Å². The van der Waals surface area contributed by atoms with Crippen LogP contribution in [-0.4, -0.2) is 68.1 Å². The lowest BCUT2D eigenvalue weighted by Gasteiger charge is -2.36. The van der Waals surface area contributed by atoms with E-state index in [9.17, 15) is 0 Å². The first kappa shape index (κ1) is 13.1. The van der Waals surface area contributed by atoms with E-state index in [1.807, 2.05) is 12.3 Å². The van der Waals surface area contributed by atoms with Gasteiger partial charge in [-0.2, -0.15) is 0 Å². The topological polar surface area (TPSA) is 48.6 Å². The summed E-state index contributed by atoms with van der Waals surface area (Å²) in [6, 6.07) is 2.00. The number of rotatable bonds is 4. The molecule has 1 aromatic heterocycles. The monoisotopic (exact) mass is 249 g/mol. The quantitative estimate of drug-likeness (QED) is 0.834. The van der Waals surface area contributed by atoms with Crippen molar-refractivity contribution in [2.75, 3.05) is 64.0 Å². The van der Waals surface area contributed by atoms with Crippen LogP contribution < -0.4 is 10.6 Å². The molecule has 1 fully saturated rings. The highest BCUT2D eigenvalue weighted by molar-refractivity contribution is 5.53. The van der Waals surface area contributed by atoms with Crippen LogP contribution in [0.2, 0.25) is 0 Å². The summed E-state index contributed by atoms with van der Waals surface area (Å²) in [4.78, 5) is 11.2. The summed E-state index contributed by atoms with van der Waals surface area (Å²) in [6.07, 6.45) is 3.59. The summed E-state index contributed by atoms with van der Waals surface area (Å²) < 4.78 is 0. The zero-order valence-corrected chi connectivity index (χ0v) is 11.3. The van der Waals surface area contributed by atoms with Crippen molar-refractivity contribution in [3.63, 3.8) is 0 Å². The minimum absolute atomic E-state index is 0.738. The molecular formula is C13H23N5. The van der Waals surface area contributed by atoms with Crippen molar-refractivity contribution in [2.24, 2.45) is 0 Å². The minimum Gasteiger partial charge on any atom is -0.397 e. The molecule has 18 heavy (non-hydrogen) atoms. The SMILES string of the molecule is CN(C)CCN1CCN(c2cncc(N)c2)CC1. The second-order valence-corrected chi connectivity index (χ2v) is 5.11. The van der Waals surface area contributed by atoms with Crippen LogP contribution in [0.5, 0.6) is 0 Å². The van der Waals surface area contributed by atoms with Crippen LogP contribution in [-0.2, 0) is 0 Å². The lowest BCUT2D eigenvalue weighted by Crippen LogP contribution is -2.48. The van der Waals surface area contributed by atoms with Gasteiger partial charge in [0.25, 0.3) is 0 Å². The van der Waals surface area contributed by atoms with Gasteiger partial charge in [0, 0.05) is 45.5 Å². The highest BCUT2D eigenvalue weighted by Crippen LogP contribution is 2.17. The number of pyridine rings is 1. The molecule has 5 nitrogen and oxygen atoms in total. The Labute approximate surface area is 109 Å². The van der Waals surface area contributed by atoms with E-state index in [4.69, 9.17) is 5.73 Å². The Morgan fingerprint density at radius 1 is 1.22 bits per heavy atom. The fourth-order valence-electron chi connectivity index (χ4n) is 2.19. The zero-order valence-electron chi connectivity index (χ0n) is 11.3. The number of nitrogens with zero attached hydrogens (tertiary/aromatic N) is 4. The van der Waals surface area contributed by atoms with E-state index in [1.165, 1.54) is 0 Å². The number of hydrogen-bond donors (Lipinski definition) is 1. The smallest absolute Gasteiger partial charge is 0.0574 e. The van der Waals surface area contributed by atoms with Gasteiger partial charge >= 0.3 is 0 Å². The molecule has 1 aliphatic rings. The maximum atomic E-state index is 5.77. The molecule has 2 rings (SSSR count). The Kier molecular flexibility index (Phi) is 4.38. The average Bonchev–Trinajstić information content (AvgIpc) is 2.37. The standard InChI is InChI=1S/C13H23N5/c1-16(2)3-4-17-5-7-18(8-6-17)13-9-12(14)10-15-11-13/h9-11H,3-8,14H2,1-2H3. The largest absolute Gasteiger partial charge is 0.397 e. The maximum absolute atomic E-state index is 5.77. The molecule has 1 saturated heterocycles. The summed E-state index contributed by atoms with van der Waals surface area (Å²) >= 11 is 0. The van der Waals surface area contributed by atoms with Gasteiger partial charge in [-0.1, -0.05) is 0 Å². The van der Waals surface area contributed by atoms with E-state index in [-0.39, 0.29) is 0 Å². The highest BCUT2D eigenvalue weighted by atomic mass is 15.3. The van der Waals surface area contributed by atoms with E-state index >= 15 is 0 Å². The van der Waals surface area contributed by atoms with Gasteiger partial charge in [0.1, 0.15) is 0 Å². The van der Waals surface area contributed by atoms with Crippen LogP contribution in [0.1, 0.15) is 0 Å². The molecule has 0 aromatic carbocycles. The molecule has 100 valence electrons. The number of nitrogens with two attached hydrogens (primary N) is 1. The Balaban J connectivity index is 1.83. The minimum atomic E-state index is 0.738. The highest BCUT2D eigenvalue weighted by Gasteiger charge is 2.17. The normalized spacial score (nSPS) is 17.4. The van der Waals surface area contributed by atoms with Crippen molar-refractivity contribution >= 4 is 11.4 Å². The van der Waals surface area contributed by atoms with Crippen LogP contribution in [0.4, 0.5) is 11.4 Å². The van der Waals surface area contributed by atoms with Crippen molar-refractivity contribution in [1.29, 1.82) is 0 Å². The zero-order chi connectivity index (χ0) is 13.0. The van der Waals surface area contributed by atoms with Gasteiger partial charge in [-0.05, 0) is 20.2 Å². The fraction of sp³-hybridized carbons (Fsp3) is 0.615. The number of piperazine rings is 1. The van der Waals surface area contributed by atoms with Crippen LogP contribution in [0.3, 0.4) is 0 Å². The fourth-order valence-corrected chi connectivity index (χ4v) is 2.19. The number of hydrogen-bond acceptors (Lipinski definition) is 5. The van der Waals surface area contributed by atoms with Gasteiger partial charge in [-0.3, -0.25) is 9.88 Å². The Morgan fingerprint density at radius 3 is 2.56 bits per heavy atom. The van der Waals surface area contributed by atoms with Crippen LogP contribution in [0.15, 0.2) is 18.5 Å². The van der Waals surface area contributed by atoms with Crippen molar-refractivity contribution in [2.45, 2.75) is 0 Å². The first-order valence-corrected chi connectivity index (χ1v) is 6.48. The van der Waals surface area contributed by atoms with Crippen molar-refractivity contribution in [1.82, 2.24) is 14.8 Å². The molecule has 0 aliphatic carbocycles. The molecule has 0 radical (unpaired) electrons. The summed E-state index contributed by atoms with van der Waals surface area (Å²) in [5, 5.41) is 0. The third-order valence-electron chi connectivity index (χ3n) is 3.35. The van der Waals surface area contributed by atoms with E-state index in [1.54, 1.807) is 6.20 Å². The molecule has 0 atom stereocenters.